The molecule has 7 heteroatoms. The van der Waals surface area contributed by atoms with E-state index >= 15 is 0 Å². The molecule has 1 aromatic rings. The fraction of sp³-hybridized carbons (Fsp3) is 0.375. The molecule has 0 radical (unpaired) electrons. The van der Waals surface area contributed by atoms with Crippen molar-refractivity contribution in [3.63, 3.8) is 0 Å². The Balaban J connectivity index is 2.05. The summed E-state index contributed by atoms with van der Waals surface area (Å²) in [5.41, 5.74) is 0.664. The summed E-state index contributed by atoms with van der Waals surface area (Å²) in [7, 11) is 0. The summed E-state index contributed by atoms with van der Waals surface area (Å²) in [6.07, 6.45) is 3.03. The van der Waals surface area contributed by atoms with Crippen LogP contribution in [0.3, 0.4) is 0 Å². The van der Waals surface area contributed by atoms with Crippen LogP contribution in [0, 0.1) is 0 Å². The van der Waals surface area contributed by atoms with Crippen molar-refractivity contribution in [1.29, 1.82) is 0 Å². The van der Waals surface area contributed by atoms with Crippen molar-refractivity contribution in [1.82, 2.24) is 0 Å². The molecule has 0 fully saturated rings. The van der Waals surface area contributed by atoms with Gasteiger partial charge in [0.05, 0.1) is 17.9 Å². The first kappa shape index (κ1) is 17.5. The molecule has 0 atom stereocenters. The number of carbonyl (C=O) groups is 2. The predicted octanol–water partition coefficient (Wildman–Crippen LogP) is 3.09. The van der Waals surface area contributed by atoms with Gasteiger partial charge in [-0.3, -0.25) is 9.59 Å². The van der Waals surface area contributed by atoms with Crippen LogP contribution in [0.25, 0.3) is 0 Å². The van der Waals surface area contributed by atoms with E-state index in [9.17, 15) is 9.59 Å². The highest BCUT2D eigenvalue weighted by Crippen LogP contribution is 2.38. The van der Waals surface area contributed by atoms with Crippen molar-refractivity contribution in [3.05, 3.63) is 28.8 Å². The van der Waals surface area contributed by atoms with Gasteiger partial charge in [-0.15, -0.1) is 0 Å². The summed E-state index contributed by atoms with van der Waals surface area (Å²) in [4.78, 5) is 23.5. The smallest absolute Gasteiger partial charge is 0.262 e. The predicted molar refractivity (Wildman–Crippen MR) is 91.7 cm³/mol. The molecule has 0 aromatic heterocycles. The number of nitrogens with one attached hydrogen (secondary N) is 2. The van der Waals surface area contributed by atoms with Crippen LogP contribution in [0.5, 0.6) is 5.75 Å². The number of hydrogen-bond acceptors (Lipinski definition) is 4. The van der Waals surface area contributed by atoms with Gasteiger partial charge in [0.15, 0.2) is 6.61 Å². The number of anilines is 2. The van der Waals surface area contributed by atoms with Crippen molar-refractivity contribution < 1.29 is 19.1 Å². The van der Waals surface area contributed by atoms with Gasteiger partial charge in [0, 0.05) is 10.5 Å². The van der Waals surface area contributed by atoms with E-state index in [0.29, 0.717) is 23.7 Å². The van der Waals surface area contributed by atoms with Gasteiger partial charge >= 0.3 is 0 Å². The summed E-state index contributed by atoms with van der Waals surface area (Å²) >= 11 is 3.35. The number of halogens is 1. The van der Waals surface area contributed by atoms with Crippen molar-refractivity contribution in [2.75, 3.05) is 23.8 Å². The van der Waals surface area contributed by atoms with Gasteiger partial charge < -0.3 is 20.1 Å². The fourth-order valence-corrected chi connectivity index (χ4v) is 2.31. The zero-order valence-corrected chi connectivity index (χ0v) is 14.8. The largest absolute Gasteiger partial charge is 0.481 e. The minimum absolute atomic E-state index is 0.0408. The van der Waals surface area contributed by atoms with Crippen LogP contribution in [-0.2, 0) is 14.3 Å². The Labute approximate surface area is 143 Å². The fourth-order valence-electron chi connectivity index (χ4n) is 1.87. The van der Waals surface area contributed by atoms with Crippen LogP contribution in [0.4, 0.5) is 11.4 Å². The molecule has 2 amide bonds. The minimum Gasteiger partial charge on any atom is -0.481 e. The Kier molecular flexibility index (Phi) is 5.43. The number of rotatable bonds is 4. The minimum atomic E-state index is -0.317. The molecule has 2 rings (SSSR count). The topological polar surface area (TPSA) is 76.7 Å². The monoisotopic (exact) mass is 382 g/mol. The lowest BCUT2D eigenvalue weighted by Gasteiger charge is -2.21. The summed E-state index contributed by atoms with van der Waals surface area (Å²) in [6.45, 7) is 6.13. The molecule has 23 heavy (non-hydrogen) atoms. The molecule has 1 aliphatic rings. The molecule has 0 unspecified atom stereocenters. The summed E-state index contributed by atoms with van der Waals surface area (Å²) in [5.74, 6) is -0.0682. The summed E-state index contributed by atoms with van der Waals surface area (Å²) in [6, 6.07) is 3.43. The van der Waals surface area contributed by atoms with Gasteiger partial charge in [0.2, 0.25) is 5.91 Å². The summed E-state index contributed by atoms with van der Waals surface area (Å²) in [5, 5.41) is 5.42. The number of carbonyl (C=O) groups excluding carboxylic acids is 2. The molecule has 1 aromatic carbocycles. The van der Waals surface area contributed by atoms with Gasteiger partial charge in [-0.1, -0.05) is 22.0 Å². The molecule has 6 nitrogen and oxygen atoms in total. The maximum absolute atomic E-state index is 12.0. The average Bonchev–Trinajstić information content (AvgIpc) is 2.43. The number of ether oxygens (including phenoxy) is 2. The van der Waals surface area contributed by atoms with Crippen LogP contribution in [0.1, 0.15) is 20.8 Å². The zero-order valence-electron chi connectivity index (χ0n) is 13.2. The highest BCUT2D eigenvalue weighted by atomic mass is 79.9. The van der Waals surface area contributed by atoms with E-state index in [1.165, 1.54) is 6.08 Å². The first-order valence-electron chi connectivity index (χ1n) is 7.12. The van der Waals surface area contributed by atoms with Gasteiger partial charge in [-0.05, 0) is 32.9 Å². The molecule has 1 aliphatic heterocycles. The molecule has 0 aliphatic carbocycles. The molecule has 2 N–H and O–H groups in total. The Morgan fingerprint density at radius 3 is 2.91 bits per heavy atom. The van der Waals surface area contributed by atoms with Gasteiger partial charge in [-0.25, -0.2) is 0 Å². The normalized spacial score (nSPS) is 14.2. The average molecular weight is 383 g/mol. The number of fused-ring (bicyclic) bond motifs is 1. The Morgan fingerprint density at radius 2 is 2.22 bits per heavy atom. The second-order valence-corrected chi connectivity index (χ2v) is 6.89. The van der Waals surface area contributed by atoms with Gasteiger partial charge in [0.25, 0.3) is 5.91 Å². The van der Waals surface area contributed by atoms with E-state index in [-0.39, 0.29) is 24.0 Å². The van der Waals surface area contributed by atoms with E-state index in [1.807, 2.05) is 20.8 Å². The van der Waals surface area contributed by atoms with Crippen LogP contribution in [0.2, 0.25) is 0 Å². The van der Waals surface area contributed by atoms with Crippen molar-refractivity contribution in [2.24, 2.45) is 0 Å². The number of benzene rings is 1. The Morgan fingerprint density at radius 1 is 1.48 bits per heavy atom. The third-order valence-electron chi connectivity index (χ3n) is 2.83. The number of amides is 2. The lowest BCUT2D eigenvalue weighted by atomic mass is 10.2. The number of hydrogen-bond donors (Lipinski definition) is 2. The lowest BCUT2D eigenvalue weighted by Crippen LogP contribution is -2.26. The standard InChI is InChI=1S/C16H19BrN2O4/c1-16(2,3)23-6-4-5-13(20)18-11-7-10(17)8-12-15(11)19-14(21)9-22-12/h4-5,7-8H,6,9H2,1-3H3,(H,18,20)(H,19,21)/b5-4+. The van der Waals surface area contributed by atoms with E-state index in [2.05, 4.69) is 26.6 Å². The second-order valence-electron chi connectivity index (χ2n) is 5.98. The molecular weight excluding hydrogens is 364 g/mol. The van der Waals surface area contributed by atoms with Crippen LogP contribution in [0.15, 0.2) is 28.8 Å². The van der Waals surface area contributed by atoms with Crippen LogP contribution >= 0.6 is 15.9 Å². The molecule has 1 heterocycles. The molecule has 0 saturated carbocycles. The molecule has 0 bridgehead atoms. The highest BCUT2D eigenvalue weighted by Gasteiger charge is 2.20. The second kappa shape index (κ2) is 7.14. The van der Waals surface area contributed by atoms with E-state index in [0.717, 1.165) is 4.47 Å². The molecule has 0 saturated heterocycles. The van der Waals surface area contributed by atoms with E-state index in [4.69, 9.17) is 9.47 Å². The zero-order chi connectivity index (χ0) is 17.0. The SMILES string of the molecule is CC(C)(C)OC/C=C/C(=O)Nc1cc(Br)cc2c1NC(=O)CO2. The third kappa shape index (κ3) is 5.37. The molecule has 0 spiro atoms. The molecular formula is C16H19BrN2O4. The Hall–Kier alpha value is -1.86. The lowest BCUT2D eigenvalue weighted by molar-refractivity contribution is -0.118. The first-order valence-corrected chi connectivity index (χ1v) is 7.91. The van der Waals surface area contributed by atoms with Gasteiger partial charge in [0.1, 0.15) is 11.4 Å². The van der Waals surface area contributed by atoms with E-state index < -0.39 is 0 Å². The maximum Gasteiger partial charge on any atom is 0.262 e. The van der Waals surface area contributed by atoms with Crippen molar-refractivity contribution in [3.8, 4) is 5.75 Å². The third-order valence-corrected chi connectivity index (χ3v) is 3.29. The Bertz CT molecular complexity index is 650. The molecule has 124 valence electrons. The van der Waals surface area contributed by atoms with E-state index in [1.54, 1.807) is 18.2 Å². The van der Waals surface area contributed by atoms with Crippen LogP contribution in [-0.4, -0.2) is 30.6 Å². The highest BCUT2D eigenvalue weighted by molar-refractivity contribution is 9.10. The first-order chi connectivity index (χ1) is 10.7. The van der Waals surface area contributed by atoms with Gasteiger partial charge in [-0.2, -0.15) is 0 Å². The van der Waals surface area contributed by atoms with Crippen LogP contribution < -0.4 is 15.4 Å². The summed E-state index contributed by atoms with van der Waals surface area (Å²) < 4.78 is 11.6. The quantitative estimate of drug-likeness (QED) is 0.784. The van der Waals surface area contributed by atoms with Crippen molar-refractivity contribution >= 4 is 39.1 Å². The van der Waals surface area contributed by atoms with Crippen molar-refractivity contribution in [2.45, 2.75) is 26.4 Å². The maximum atomic E-state index is 12.0.